The Kier molecular flexibility index (Phi) is 5.72. The topological polar surface area (TPSA) is 38.8 Å². The van der Waals surface area contributed by atoms with Crippen molar-refractivity contribution in [2.24, 2.45) is 0 Å². The van der Waals surface area contributed by atoms with Crippen molar-refractivity contribution in [3.8, 4) is 0 Å². The van der Waals surface area contributed by atoms with E-state index in [1.807, 2.05) is 0 Å². The zero-order valence-corrected chi connectivity index (χ0v) is 18.6. The Morgan fingerprint density at radius 3 is 2.61 bits per heavy atom. The van der Waals surface area contributed by atoms with Crippen LogP contribution in [0.5, 0.6) is 0 Å². The minimum absolute atomic E-state index is 0.00726. The lowest BCUT2D eigenvalue weighted by molar-refractivity contribution is -0.121. The molecule has 3 aliphatic heterocycles. The van der Waals surface area contributed by atoms with Crippen molar-refractivity contribution in [2.75, 3.05) is 44.8 Å². The summed E-state index contributed by atoms with van der Waals surface area (Å²) in [6.45, 7) is 6.25. The van der Waals surface area contributed by atoms with Crippen molar-refractivity contribution in [3.05, 3.63) is 65.7 Å². The highest BCUT2D eigenvalue weighted by molar-refractivity contribution is 5.87. The maximum atomic E-state index is 12.9. The third-order valence-corrected chi connectivity index (χ3v) is 7.40. The second kappa shape index (κ2) is 8.64. The summed E-state index contributed by atoms with van der Waals surface area (Å²) in [5.74, 6) is 0.209. The molecule has 1 amide bonds. The van der Waals surface area contributed by atoms with Crippen molar-refractivity contribution in [3.63, 3.8) is 0 Å². The van der Waals surface area contributed by atoms with Gasteiger partial charge in [0.15, 0.2) is 0 Å². The smallest absolute Gasteiger partial charge is 0.228 e. The summed E-state index contributed by atoms with van der Waals surface area (Å²) < 4.78 is 0. The van der Waals surface area contributed by atoms with Gasteiger partial charge in [-0.1, -0.05) is 42.5 Å². The van der Waals surface area contributed by atoms with Crippen LogP contribution in [0.2, 0.25) is 0 Å². The molecule has 3 fully saturated rings. The highest BCUT2D eigenvalue weighted by Crippen LogP contribution is 2.39. The van der Waals surface area contributed by atoms with E-state index in [0.717, 1.165) is 58.7 Å². The molecule has 0 saturated carbocycles. The molecule has 5 heteroatoms. The Hall–Kier alpha value is -2.37. The Morgan fingerprint density at radius 1 is 1.00 bits per heavy atom. The molecule has 0 bridgehead atoms. The standard InChI is InChI=1S/C26H34N4O/c1-28-15-11-26(12-16-28)18-24(25(31)27-26)22-8-5-7-21(17-22)19-29-13-6-14-30(20-29)23-9-3-2-4-10-23/h2-5,7-10,17,24H,6,11-16,18-20H2,1H3,(H,27,31). The summed E-state index contributed by atoms with van der Waals surface area (Å²) in [5.41, 5.74) is 3.80. The number of benzene rings is 2. The number of nitrogens with one attached hydrogen (secondary N) is 1. The van der Waals surface area contributed by atoms with E-state index < -0.39 is 0 Å². The number of carbonyl (C=O) groups is 1. The summed E-state index contributed by atoms with van der Waals surface area (Å²) in [5, 5.41) is 3.38. The molecule has 5 rings (SSSR count). The first-order valence-corrected chi connectivity index (χ1v) is 11.7. The molecule has 1 atom stereocenters. The van der Waals surface area contributed by atoms with Gasteiger partial charge in [0.2, 0.25) is 5.91 Å². The molecule has 0 aromatic heterocycles. The molecule has 2 aromatic carbocycles. The average Bonchev–Trinajstić information content (AvgIpc) is 3.13. The van der Waals surface area contributed by atoms with E-state index in [1.54, 1.807) is 0 Å². The predicted octanol–water partition coefficient (Wildman–Crippen LogP) is 3.42. The fourth-order valence-corrected chi connectivity index (χ4v) is 5.54. The van der Waals surface area contributed by atoms with E-state index in [0.29, 0.717) is 0 Å². The fourth-order valence-electron chi connectivity index (χ4n) is 5.54. The fraction of sp³-hybridized carbons (Fsp3) is 0.500. The number of hydrogen-bond donors (Lipinski definition) is 1. The van der Waals surface area contributed by atoms with E-state index in [4.69, 9.17) is 0 Å². The molecule has 3 saturated heterocycles. The number of rotatable bonds is 4. The van der Waals surface area contributed by atoms with Gasteiger partial charge in [-0.05, 0) is 56.0 Å². The summed E-state index contributed by atoms with van der Waals surface area (Å²) in [7, 11) is 2.17. The van der Waals surface area contributed by atoms with Crippen molar-refractivity contribution >= 4 is 11.6 Å². The van der Waals surface area contributed by atoms with Gasteiger partial charge in [-0.2, -0.15) is 0 Å². The van der Waals surface area contributed by atoms with E-state index in [-0.39, 0.29) is 17.4 Å². The molecule has 2 aromatic rings. The molecule has 164 valence electrons. The lowest BCUT2D eigenvalue weighted by atomic mass is 9.82. The quantitative estimate of drug-likeness (QED) is 0.826. The third-order valence-electron chi connectivity index (χ3n) is 7.40. The van der Waals surface area contributed by atoms with Crippen molar-refractivity contribution in [1.29, 1.82) is 0 Å². The van der Waals surface area contributed by atoms with Crippen LogP contribution in [0.4, 0.5) is 5.69 Å². The van der Waals surface area contributed by atoms with Gasteiger partial charge < -0.3 is 15.1 Å². The molecule has 31 heavy (non-hydrogen) atoms. The lowest BCUT2D eigenvalue weighted by Crippen LogP contribution is -2.49. The predicted molar refractivity (Wildman–Crippen MR) is 125 cm³/mol. The first-order chi connectivity index (χ1) is 15.1. The van der Waals surface area contributed by atoms with Gasteiger partial charge in [0.1, 0.15) is 0 Å². The third kappa shape index (κ3) is 4.48. The monoisotopic (exact) mass is 418 g/mol. The summed E-state index contributed by atoms with van der Waals surface area (Å²) >= 11 is 0. The van der Waals surface area contributed by atoms with Gasteiger partial charge in [-0.3, -0.25) is 9.69 Å². The molecule has 0 radical (unpaired) electrons. The minimum Gasteiger partial charge on any atom is -0.358 e. The molecule has 3 heterocycles. The Bertz CT molecular complexity index is 907. The van der Waals surface area contributed by atoms with Crippen LogP contribution in [-0.4, -0.2) is 61.1 Å². The number of likely N-dealkylation sites (tertiary alicyclic amines) is 1. The van der Waals surface area contributed by atoms with Gasteiger partial charge in [0.05, 0.1) is 12.6 Å². The van der Waals surface area contributed by atoms with E-state index in [9.17, 15) is 4.79 Å². The van der Waals surface area contributed by atoms with E-state index in [1.165, 1.54) is 23.2 Å². The van der Waals surface area contributed by atoms with E-state index in [2.05, 4.69) is 81.7 Å². The van der Waals surface area contributed by atoms with Gasteiger partial charge in [-0.15, -0.1) is 0 Å². The minimum atomic E-state index is -0.00877. The number of hydrogen-bond acceptors (Lipinski definition) is 4. The van der Waals surface area contributed by atoms with Crippen molar-refractivity contribution < 1.29 is 4.79 Å². The maximum Gasteiger partial charge on any atom is 0.228 e. The first kappa shape index (κ1) is 20.5. The second-order valence-corrected chi connectivity index (χ2v) is 9.72. The van der Waals surface area contributed by atoms with E-state index >= 15 is 0 Å². The van der Waals surface area contributed by atoms with Crippen LogP contribution in [-0.2, 0) is 11.3 Å². The van der Waals surface area contributed by atoms with Crippen LogP contribution in [0.25, 0.3) is 0 Å². The first-order valence-electron chi connectivity index (χ1n) is 11.7. The molecule has 1 unspecified atom stereocenters. The molecule has 1 spiro atoms. The number of amides is 1. The van der Waals surface area contributed by atoms with Crippen LogP contribution >= 0.6 is 0 Å². The zero-order valence-electron chi connectivity index (χ0n) is 18.6. The largest absolute Gasteiger partial charge is 0.358 e. The summed E-state index contributed by atoms with van der Waals surface area (Å²) in [6.07, 6.45) is 4.24. The normalized spacial score (nSPS) is 24.5. The number of nitrogens with zero attached hydrogens (tertiary/aromatic N) is 3. The highest BCUT2D eigenvalue weighted by Gasteiger charge is 2.45. The van der Waals surface area contributed by atoms with Gasteiger partial charge in [0, 0.05) is 44.0 Å². The number of carbonyl (C=O) groups excluding carboxylic acids is 1. The second-order valence-electron chi connectivity index (χ2n) is 9.72. The van der Waals surface area contributed by atoms with Crippen LogP contribution in [0, 0.1) is 0 Å². The number of piperidine rings is 1. The summed E-state index contributed by atoms with van der Waals surface area (Å²) in [4.78, 5) is 20.2. The summed E-state index contributed by atoms with van der Waals surface area (Å²) in [6, 6.07) is 19.5. The zero-order chi connectivity index (χ0) is 21.3. The molecular formula is C26H34N4O. The molecule has 5 nitrogen and oxygen atoms in total. The van der Waals surface area contributed by atoms with Crippen molar-refractivity contribution in [1.82, 2.24) is 15.1 Å². The van der Waals surface area contributed by atoms with Gasteiger partial charge in [-0.25, -0.2) is 0 Å². The molecule has 3 aliphatic rings. The van der Waals surface area contributed by atoms with Crippen LogP contribution < -0.4 is 10.2 Å². The Morgan fingerprint density at radius 2 is 1.81 bits per heavy atom. The van der Waals surface area contributed by atoms with Crippen molar-refractivity contribution in [2.45, 2.75) is 43.7 Å². The lowest BCUT2D eigenvalue weighted by Gasteiger charge is -2.37. The maximum absolute atomic E-state index is 12.9. The van der Waals surface area contributed by atoms with Crippen LogP contribution in [0.1, 0.15) is 42.7 Å². The van der Waals surface area contributed by atoms with Crippen LogP contribution in [0.15, 0.2) is 54.6 Å². The molecule has 0 aliphatic carbocycles. The Labute approximate surface area is 186 Å². The number of anilines is 1. The van der Waals surface area contributed by atoms with Gasteiger partial charge in [0.25, 0.3) is 0 Å². The van der Waals surface area contributed by atoms with Gasteiger partial charge >= 0.3 is 0 Å². The Balaban J connectivity index is 1.26. The SMILES string of the molecule is CN1CCC2(CC1)CC(c1cccc(CN3CCCN(c4ccccc4)C3)c1)C(=O)N2. The molecular weight excluding hydrogens is 384 g/mol. The molecule has 1 N–H and O–H groups in total. The number of para-hydroxylation sites is 1. The average molecular weight is 419 g/mol. The van der Waals surface area contributed by atoms with Crippen LogP contribution in [0.3, 0.4) is 0 Å². The highest BCUT2D eigenvalue weighted by atomic mass is 16.2.